The first-order valence-electron chi connectivity index (χ1n) is 6.76. The Morgan fingerprint density at radius 2 is 2.16 bits per heavy atom. The average Bonchev–Trinajstić information content (AvgIpc) is 2.89. The molecular weight excluding hydrogens is 258 g/mol. The average molecular weight is 279 g/mol. The topological polar surface area (TPSA) is 60.2 Å². The molecule has 0 bridgehead atoms. The molecule has 0 spiro atoms. The Kier molecular flexibility index (Phi) is 5.42. The van der Waals surface area contributed by atoms with Crippen LogP contribution in [0, 0.1) is 0 Å². The molecule has 3 N–H and O–H groups in total. The molecule has 1 heterocycles. The van der Waals surface area contributed by atoms with E-state index in [1.54, 1.807) is 11.3 Å². The Morgan fingerprint density at radius 3 is 3.00 bits per heavy atom. The van der Waals surface area contributed by atoms with Crippen molar-refractivity contribution in [3.05, 3.63) is 17.6 Å². The Labute approximate surface area is 118 Å². The highest BCUT2D eigenvalue weighted by atomic mass is 32.1. The van der Waals surface area contributed by atoms with Gasteiger partial charge in [0.2, 0.25) is 0 Å². The summed E-state index contributed by atoms with van der Waals surface area (Å²) in [5.74, 6) is 0. The minimum absolute atomic E-state index is 0.741. The number of unbranched alkanes of at least 4 members (excludes halogenated alkanes) is 1. The molecule has 0 amide bonds. The zero-order valence-corrected chi connectivity index (χ0v) is 12.1. The van der Waals surface area contributed by atoms with Crippen LogP contribution in [0.5, 0.6) is 0 Å². The molecule has 104 valence electrons. The van der Waals surface area contributed by atoms with Crippen molar-refractivity contribution in [2.75, 3.05) is 30.8 Å². The zero-order chi connectivity index (χ0) is 13.5. The monoisotopic (exact) mass is 279 g/mol. The molecule has 0 radical (unpaired) electrons. The fourth-order valence-electron chi connectivity index (χ4n) is 1.85. The van der Waals surface area contributed by atoms with Gasteiger partial charge in [-0.25, -0.2) is 4.98 Å². The molecule has 0 aliphatic heterocycles. The van der Waals surface area contributed by atoms with Crippen LogP contribution in [0.15, 0.2) is 17.6 Å². The normalized spacial score (nSPS) is 11.0. The minimum Gasteiger partial charge on any atom is -0.395 e. The number of benzene rings is 1. The summed E-state index contributed by atoms with van der Waals surface area (Å²) in [6, 6.07) is 4.08. The van der Waals surface area contributed by atoms with Gasteiger partial charge in [-0.3, -0.25) is 0 Å². The van der Waals surface area contributed by atoms with Crippen LogP contribution < -0.4 is 11.1 Å². The summed E-state index contributed by atoms with van der Waals surface area (Å²) in [7, 11) is 0. The number of anilines is 2. The lowest BCUT2D eigenvalue weighted by molar-refractivity contribution is 0.131. The van der Waals surface area contributed by atoms with E-state index in [1.165, 1.54) is 6.42 Å². The molecule has 5 heteroatoms. The first kappa shape index (κ1) is 14.1. The maximum atomic E-state index is 6.09. The number of hydrogen-bond donors (Lipinski definition) is 2. The van der Waals surface area contributed by atoms with Crippen LogP contribution >= 0.6 is 11.3 Å². The van der Waals surface area contributed by atoms with Crippen LogP contribution in [-0.4, -0.2) is 24.7 Å². The zero-order valence-electron chi connectivity index (χ0n) is 11.3. The van der Waals surface area contributed by atoms with Crippen molar-refractivity contribution in [3.8, 4) is 0 Å². The molecule has 0 saturated heterocycles. The highest BCUT2D eigenvalue weighted by Crippen LogP contribution is 2.29. The second-order valence-corrected chi connectivity index (χ2v) is 5.36. The largest absolute Gasteiger partial charge is 0.395 e. The first-order chi connectivity index (χ1) is 9.33. The second kappa shape index (κ2) is 7.31. The third-order valence-electron chi connectivity index (χ3n) is 2.96. The lowest BCUT2D eigenvalue weighted by Crippen LogP contribution is -2.08. The van der Waals surface area contributed by atoms with Crippen LogP contribution in [0.2, 0.25) is 0 Å². The Morgan fingerprint density at radius 1 is 1.32 bits per heavy atom. The van der Waals surface area contributed by atoms with E-state index in [-0.39, 0.29) is 0 Å². The van der Waals surface area contributed by atoms with E-state index < -0.39 is 0 Å². The summed E-state index contributed by atoms with van der Waals surface area (Å²) in [6.07, 6.45) is 3.31. The predicted octanol–water partition coefficient (Wildman–Crippen LogP) is 3.50. The molecule has 2 aromatic rings. The third-order valence-corrected chi connectivity index (χ3v) is 3.76. The summed E-state index contributed by atoms with van der Waals surface area (Å²) in [5, 5.41) is 3.35. The fourth-order valence-corrected chi connectivity index (χ4v) is 2.54. The fraction of sp³-hybridized carbons (Fsp3) is 0.500. The standard InChI is InChI=1S/C14H21N3OS/c1-2-3-8-18-9-4-7-16-11-5-6-12-14(13(11)15)17-10-19-12/h5-6,10,16H,2-4,7-9,15H2,1H3. The highest BCUT2D eigenvalue weighted by molar-refractivity contribution is 7.16. The van der Waals surface area contributed by atoms with Crippen LogP contribution in [0.3, 0.4) is 0 Å². The number of rotatable bonds is 8. The molecular formula is C14H21N3OS. The quantitative estimate of drug-likeness (QED) is 0.573. The van der Waals surface area contributed by atoms with E-state index in [0.29, 0.717) is 0 Å². The molecule has 0 saturated carbocycles. The van der Waals surface area contributed by atoms with Crippen LogP contribution in [0.1, 0.15) is 26.2 Å². The van der Waals surface area contributed by atoms with E-state index >= 15 is 0 Å². The Balaban J connectivity index is 1.77. The summed E-state index contributed by atoms with van der Waals surface area (Å²) in [5.41, 5.74) is 10.5. The van der Waals surface area contributed by atoms with Gasteiger partial charge in [-0.15, -0.1) is 11.3 Å². The van der Waals surface area contributed by atoms with Crippen molar-refractivity contribution in [2.24, 2.45) is 0 Å². The van der Waals surface area contributed by atoms with Gasteiger partial charge in [0.25, 0.3) is 0 Å². The van der Waals surface area contributed by atoms with Crippen molar-refractivity contribution in [3.63, 3.8) is 0 Å². The smallest absolute Gasteiger partial charge is 0.106 e. The summed E-state index contributed by atoms with van der Waals surface area (Å²) in [6.45, 7) is 4.70. The number of thiazole rings is 1. The predicted molar refractivity (Wildman–Crippen MR) is 82.9 cm³/mol. The molecule has 0 fully saturated rings. The lowest BCUT2D eigenvalue weighted by atomic mass is 10.2. The van der Waals surface area contributed by atoms with Gasteiger partial charge in [0, 0.05) is 19.8 Å². The van der Waals surface area contributed by atoms with E-state index in [4.69, 9.17) is 10.5 Å². The summed E-state index contributed by atoms with van der Waals surface area (Å²) < 4.78 is 6.65. The SMILES string of the molecule is CCCCOCCCNc1ccc2scnc2c1N. The third kappa shape index (κ3) is 3.81. The Bertz CT molecular complexity index is 512. The molecule has 4 nitrogen and oxygen atoms in total. The van der Waals surface area contributed by atoms with E-state index in [0.717, 1.165) is 54.2 Å². The van der Waals surface area contributed by atoms with Crippen molar-refractivity contribution >= 4 is 32.9 Å². The van der Waals surface area contributed by atoms with Gasteiger partial charge in [0.05, 0.1) is 21.6 Å². The molecule has 1 aromatic heterocycles. The summed E-state index contributed by atoms with van der Waals surface area (Å²) >= 11 is 1.61. The van der Waals surface area contributed by atoms with Crippen molar-refractivity contribution in [2.45, 2.75) is 26.2 Å². The maximum absolute atomic E-state index is 6.09. The number of aromatic nitrogens is 1. The molecule has 19 heavy (non-hydrogen) atoms. The molecule has 0 aliphatic carbocycles. The van der Waals surface area contributed by atoms with Crippen molar-refractivity contribution < 1.29 is 4.74 Å². The van der Waals surface area contributed by atoms with Crippen LogP contribution in [0.4, 0.5) is 11.4 Å². The van der Waals surface area contributed by atoms with Crippen molar-refractivity contribution in [1.29, 1.82) is 0 Å². The number of fused-ring (bicyclic) bond motifs is 1. The number of hydrogen-bond acceptors (Lipinski definition) is 5. The minimum atomic E-state index is 0.741. The van der Waals surface area contributed by atoms with Crippen LogP contribution in [-0.2, 0) is 4.74 Å². The van der Waals surface area contributed by atoms with Crippen LogP contribution in [0.25, 0.3) is 10.2 Å². The van der Waals surface area contributed by atoms with E-state index in [9.17, 15) is 0 Å². The van der Waals surface area contributed by atoms with Crippen molar-refractivity contribution in [1.82, 2.24) is 4.98 Å². The molecule has 0 unspecified atom stereocenters. The molecule has 0 aliphatic rings. The number of nitrogens with zero attached hydrogens (tertiary/aromatic N) is 1. The highest BCUT2D eigenvalue weighted by Gasteiger charge is 2.05. The second-order valence-electron chi connectivity index (χ2n) is 4.47. The maximum Gasteiger partial charge on any atom is 0.106 e. The van der Waals surface area contributed by atoms with Gasteiger partial charge in [-0.05, 0) is 25.0 Å². The number of ether oxygens (including phenoxy) is 1. The van der Waals surface area contributed by atoms with E-state index in [2.05, 4.69) is 23.3 Å². The molecule has 1 aromatic carbocycles. The van der Waals surface area contributed by atoms with Gasteiger partial charge in [0.15, 0.2) is 0 Å². The summed E-state index contributed by atoms with van der Waals surface area (Å²) in [4.78, 5) is 4.29. The number of nitrogens with one attached hydrogen (secondary N) is 1. The number of nitrogen functional groups attached to an aromatic ring is 1. The van der Waals surface area contributed by atoms with E-state index in [1.807, 2.05) is 11.6 Å². The first-order valence-corrected chi connectivity index (χ1v) is 7.64. The lowest BCUT2D eigenvalue weighted by Gasteiger charge is -2.09. The molecule has 2 rings (SSSR count). The van der Waals surface area contributed by atoms with Gasteiger partial charge in [-0.2, -0.15) is 0 Å². The van der Waals surface area contributed by atoms with Gasteiger partial charge < -0.3 is 15.8 Å². The molecule has 0 atom stereocenters. The Hall–Kier alpha value is -1.33. The van der Waals surface area contributed by atoms with Gasteiger partial charge in [0.1, 0.15) is 5.52 Å². The number of nitrogens with two attached hydrogens (primary N) is 1. The van der Waals surface area contributed by atoms with Gasteiger partial charge >= 0.3 is 0 Å². The van der Waals surface area contributed by atoms with Gasteiger partial charge in [-0.1, -0.05) is 13.3 Å².